The molecule has 1 aromatic rings. The van der Waals surface area contributed by atoms with E-state index in [-0.39, 0.29) is 11.5 Å². The summed E-state index contributed by atoms with van der Waals surface area (Å²) >= 11 is 0. The van der Waals surface area contributed by atoms with E-state index in [4.69, 9.17) is 15.2 Å². The van der Waals surface area contributed by atoms with Gasteiger partial charge in [-0.25, -0.2) is 8.42 Å². The van der Waals surface area contributed by atoms with Crippen LogP contribution in [-0.4, -0.2) is 39.7 Å². The lowest BCUT2D eigenvalue weighted by Gasteiger charge is -2.20. The summed E-state index contributed by atoms with van der Waals surface area (Å²) in [5, 5.41) is 3.01. The number of sulfone groups is 1. The lowest BCUT2D eigenvalue weighted by molar-refractivity contribution is 0.172. The van der Waals surface area contributed by atoms with E-state index in [9.17, 15) is 8.42 Å². The monoisotopic (exact) mass is 286 g/mol. The van der Waals surface area contributed by atoms with Gasteiger partial charge in [-0.05, 0) is 0 Å². The average Bonchev–Trinajstić information content (AvgIpc) is 2.39. The van der Waals surface area contributed by atoms with Gasteiger partial charge in [0.25, 0.3) is 0 Å². The average molecular weight is 286 g/mol. The van der Waals surface area contributed by atoms with Gasteiger partial charge in [0.1, 0.15) is 13.2 Å². The summed E-state index contributed by atoms with van der Waals surface area (Å²) in [4.78, 5) is 0. The van der Waals surface area contributed by atoms with Crippen LogP contribution in [0.1, 0.15) is 6.92 Å². The molecule has 1 aromatic carbocycles. The Hall–Kier alpha value is -1.63. The van der Waals surface area contributed by atoms with Crippen molar-refractivity contribution < 1.29 is 17.9 Å². The number of nitrogens with two attached hydrogens (primary N) is 1. The van der Waals surface area contributed by atoms with Crippen molar-refractivity contribution in [2.24, 2.45) is 0 Å². The van der Waals surface area contributed by atoms with Gasteiger partial charge in [-0.15, -0.1) is 0 Å². The molecule has 6 nitrogen and oxygen atoms in total. The molecular formula is C12H18N2O4S. The van der Waals surface area contributed by atoms with E-state index in [1.807, 2.05) is 0 Å². The van der Waals surface area contributed by atoms with Crippen molar-refractivity contribution in [3.8, 4) is 11.5 Å². The first-order valence-corrected chi connectivity index (χ1v) is 7.97. The van der Waals surface area contributed by atoms with Gasteiger partial charge in [-0.2, -0.15) is 0 Å². The summed E-state index contributed by atoms with van der Waals surface area (Å²) in [5.74, 6) is 1.47. The van der Waals surface area contributed by atoms with Crippen LogP contribution in [0.2, 0.25) is 0 Å². The van der Waals surface area contributed by atoms with Gasteiger partial charge in [-0.1, -0.05) is 6.92 Å². The predicted molar refractivity (Wildman–Crippen MR) is 74.7 cm³/mol. The van der Waals surface area contributed by atoms with Crippen molar-refractivity contribution in [3.05, 3.63) is 12.1 Å². The Labute approximate surface area is 112 Å². The van der Waals surface area contributed by atoms with Gasteiger partial charge in [0.15, 0.2) is 21.3 Å². The second-order valence-electron chi connectivity index (χ2n) is 4.25. The first-order valence-electron chi connectivity index (χ1n) is 6.15. The maximum atomic E-state index is 11.4. The first-order chi connectivity index (χ1) is 9.02. The van der Waals surface area contributed by atoms with Crippen molar-refractivity contribution in [1.29, 1.82) is 0 Å². The third kappa shape index (κ3) is 3.44. The van der Waals surface area contributed by atoms with E-state index in [1.54, 1.807) is 19.1 Å². The Balaban J connectivity index is 2.04. The molecule has 0 amide bonds. The zero-order valence-electron chi connectivity index (χ0n) is 10.8. The van der Waals surface area contributed by atoms with Crippen LogP contribution in [0.25, 0.3) is 0 Å². The second-order valence-corrected chi connectivity index (χ2v) is 6.72. The molecule has 1 aliphatic rings. The molecule has 0 aliphatic carbocycles. The van der Waals surface area contributed by atoms with Crippen molar-refractivity contribution in [2.75, 3.05) is 42.3 Å². The van der Waals surface area contributed by atoms with Gasteiger partial charge in [0, 0.05) is 24.4 Å². The Kier molecular flexibility index (Phi) is 4.04. The van der Waals surface area contributed by atoms with E-state index in [1.165, 1.54) is 0 Å². The molecule has 1 aliphatic heterocycles. The molecule has 7 heteroatoms. The van der Waals surface area contributed by atoms with Gasteiger partial charge in [0.2, 0.25) is 0 Å². The second kappa shape index (κ2) is 5.56. The molecular weight excluding hydrogens is 268 g/mol. The molecule has 0 bridgehead atoms. The van der Waals surface area contributed by atoms with Crippen molar-refractivity contribution >= 4 is 21.2 Å². The van der Waals surface area contributed by atoms with E-state index in [2.05, 4.69) is 5.32 Å². The number of rotatable bonds is 5. The zero-order valence-corrected chi connectivity index (χ0v) is 11.6. The third-order valence-corrected chi connectivity index (χ3v) is 4.59. The number of ether oxygens (including phenoxy) is 2. The van der Waals surface area contributed by atoms with Crippen LogP contribution in [0, 0.1) is 0 Å². The summed E-state index contributed by atoms with van der Waals surface area (Å²) in [7, 11) is -2.98. The van der Waals surface area contributed by atoms with Crippen molar-refractivity contribution in [3.63, 3.8) is 0 Å². The van der Waals surface area contributed by atoms with Gasteiger partial charge in [-0.3, -0.25) is 0 Å². The number of benzene rings is 1. The summed E-state index contributed by atoms with van der Waals surface area (Å²) < 4.78 is 33.6. The Bertz CT molecular complexity index is 557. The highest BCUT2D eigenvalue weighted by atomic mass is 32.2. The summed E-state index contributed by atoms with van der Waals surface area (Å²) in [5.41, 5.74) is 7.05. The highest BCUT2D eigenvalue weighted by Crippen LogP contribution is 2.36. The minimum atomic E-state index is -2.98. The molecule has 3 N–H and O–H groups in total. The van der Waals surface area contributed by atoms with Crippen LogP contribution in [0.3, 0.4) is 0 Å². The van der Waals surface area contributed by atoms with Crippen LogP contribution in [0.15, 0.2) is 12.1 Å². The first kappa shape index (κ1) is 13.8. The SMILES string of the molecule is CCS(=O)(=O)CCNc1cc2c(cc1N)OCCO2. The van der Waals surface area contributed by atoms with Gasteiger partial charge in [0.05, 0.1) is 17.1 Å². The molecule has 1 heterocycles. The molecule has 0 unspecified atom stereocenters. The lowest BCUT2D eigenvalue weighted by atomic mass is 10.2. The van der Waals surface area contributed by atoms with E-state index >= 15 is 0 Å². The summed E-state index contributed by atoms with van der Waals surface area (Å²) in [6, 6.07) is 3.42. The molecule has 0 fully saturated rings. The molecule has 0 aromatic heterocycles. The minimum Gasteiger partial charge on any atom is -0.486 e. The fourth-order valence-corrected chi connectivity index (χ4v) is 2.44. The fourth-order valence-electron chi connectivity index (χ4n) is 1.74. The normalized spacial score (nSPS) is 14.2. The fraction of sp³-hybridized carbons (Fsp3) is 0.500. The van der Waals surface area contributed by atoms with Gasteiger partial charge < -0.3 is 20.5 Å². The largest absolute Gasteiger partial charge is 0.486 e. The smallest absolute Gasteiger partial charge is 0.163 e. The Morgan fingerprint density at radius 1 is 1.26 bits per heavy atom. The summed E-state index contributed by atoms with van der Waals surface area (Å²) in [6.07, 6.45) is 0. The standard InChI is InChI=1S/C12H18N2O4S/c1-2-19(15,16)6-3-14-10-8-12-11(7-9(10)13)17-4-5-18-12/h7-8,14H,2-6,13H2,1H3. The minimum absolute atomic E-state index is 0.0807. The lowest BCUT2D eigenvalue weighted by Crippen LogP contribution is -2.19. The Morgan fingerprint density at radius 3 is 2.53 bits per heavy atom. The molecule has 2 rings (SSSR count). The van der Waals surface area contributed by atoms with Crippen LogP contribution in [0.4, 0.5) is 11.4 Å². The summed E-state index contributed by atoms with van der Waals surface area (Å²) in [6.45, 7) is 2.96. The Morgan fingerprint density at radius 2 is 1.89 bits per heavy atom. The van der Waals surface area contributed by atoms with E-state index < -0.39 is 9.84 Å². The molecule has 0 saturated carbocycles. The van der Waals surface area contributed by atoms with Gasteiger partial charge >= 0.3 is 0 Å². The number of anilines is 2. The highest BCUT2D eigenvalue weighted by Gasteiger charge is 2.15. The maximum absolute atomic E-state index is 11.4. The zero-order chi connectivity index (χ0) is 13.9. The number of nitrogen functional groups attached to an aromatic ring is 1. The molecule has 19 heavy (non-hydrogen) atoms. The van der Waals surface area contributed by atoms with Crippen LogP contribution in [0.5, 0.6) is 11.5 Å². The van der Waals surface area contributed by atoms with Crippen molar-refractivity contribution in [2.45, 2.75) is 6.92 Å². The topological polar surface area (TPSA) is 90.7 Å². The molecule has 0 radical (unpaired) electrons. The maximum Gasteiger partial charge on any atom is 0.163 e. The molecule has 0 atom stereocenters. The molecule has 0 saturated heterocycles. The number of hydrogen-bond acceptors (Lipinski definition) is 6. The number of hydrogen-bond donors (Lipinski definition) is 2. The van der Waals surface area contributed by atoms with Crippen LogP contribution >= 0.6 is 0 Å². The number of nitrogens with one attached hydrogen (secondary N) is 1. The van der Waals surface area contributed by atoms with E-state index in [0.717, 1.165) is 0 Å². The third-order valence-electron chi connectivity index (χ3n) is 2.88. The van der Waals surface area contributed by atoms with Crippen molar-refractivity contribution in [1.82, 2.24) is 0 Å². The molecule has 106 valence electrons. The quantitative estimate of drug-likeness (QED) is 0.781. The predicted octanol–water partition coefficient (Wildman–Crippen LogP) is 0.887. The highest BCUT2D eigenvalue weighted by molar-refractivity contribution is 7.91. The molecule has 0 spiro atoms. The van der Waals surface area contributed by atoms with E-state index in [0.29, 0.717) is 42.6 Å². The van der Waals surface area contributed by atoms with Crippen LogP contribution < -0.4 is 20.5 Å². The van der Waals surface area contributed by atoms with Crippen LogP contribution in [-0.2, 0) is 9.84 Å². The number of fused-ring (bicyclic) bond motifs is 1.